The van der Waals surface area contributed by atoms with Gasteiger partial charge in [0.25, 0.3) is 0 Å². The van der Waals surface area contributed by atoms with Crippen molar-refractivity contribution in [2.24, 2.45) is 17.4 Å². The number of hydrogen-bond donors (Lipinski definition) is 2. The van der Waals surface area contributed by atoms with Crippen LogP contribution in [0.2, 0.25) is 0 Å². The van der Waals surface area contributed by atoms with Gasteiger partial charge in [0.05, 0.1) is 5.92 Å². The van der Waals surface area contributed by atoms with Gasteiger partial charge in [-0.3, -0.25) is 9.59 Å². The number of carbonyl (C=O) groups is 2. The molecule has 1 unspecified atom stereocenters. The van der Waals surface area contributed by atoms with Crippen molar-refractivity contribution in [3.8, 4) is 0 Å². The fourth-order valence-electron chi connectivity index (χ4n) is 2.87. The summed E-state index contributed by atoms with van der Waals surface area (Å²) in [5.41, 5.74) is 13.1. The Morgan fingerprint density at radius 1 is 1.08 bits per heavy atom. The molecule has 4 N–H and O–H groups in total. The Morgan fingerprint density at radius 3 is 2.12 bits per heavy atom. The van der Waals surface area contributed by atoms with E-state index in [1.54, 1.807) is 0 Å². The van der Waals surface area contributed by atoms with E-state index in [2.05, 4.69) is 26.0 Å². The van der Waals surface area contributed by atoms with Gasteiger partial charge in [-0.15, -0.1) is 0 Å². The highest BCUT2D eigenvalue weighted by Gasteiger charge is 2.23. The molecule has 0 fully saturated rings. The lowest BCUT2D eigenvalue weighted by Gasteiger charge is -2.22. The predicted octanol–water partition coefficient (Wildman–Crippen LogP) is 3.29. The van der Waals surface area contributed by atoms with Crippen molar-refractivity contribution >= 4 is 11.9 Å². The molecule has 5 heteroatoms. The molecular weight excluding hydrogens is 328 g/mol. The summed E-state index contributed by atoms with van der Waals surface area (Å²) in [6, 6.07) is 7.37. The van der Waals surface area contributed by atoms with E-state index in [-0.39, 0.29) is 11.8 Å². The molecule has 0 spiro atoms. The number of nitrogens with two attached hydrogens (primary N) is 2. The van der Waals surface area contributed by atoms with Gasteiger partial charge in [0, 0.05) is 0 Å². The molecule has 0 bridgehead atoms. The SMILES string of the molecule is CC(C)Cc1ccc([C@@H](CCCC(N)C(=O)OC(C)(C)C)C(N)=O)cc1. The molecule has 0 aliphatic heterocycles. The Balaban J connectivity index is 2.61. The summed E-state index contributed by atoms with van der Waals surface area (Å²) in [7, 11) is 0. The molecule has 1 amide bonds. The van der Waals surface area contributed by atoms with Crippen molar-refractivity contribution in [3.05, 3.63) is 35.4 Å². The fourth-order valence-corrected chi connectivity index (χ4v) is 2.87. The second kappa shape index (κ2) is 9.72. The first kappa shape index (κ1) is 22.2. The Kier molecular flexibility index (Phi) is 8.28. The summed E-state index contributed by atoms with van der Waals surface area (Å²) in [4.78, 5) is 23.8. The van der Waals surface area contributed by atoms with Gasteiger partial charge in [-0.1, -0.05) is 44.5 Å². The van der Waals surface area contributed by atoms with Gasteiger partial charge < -0.3 is 16.2 Å². The van der Waals surface area contributed by atoms with Gasteiger partial charge in [0.1, 0.15) is 11.6 Å². The number of amides is 1. The number of carbonyl (C=O) groups excluding carboxylic acids is 2. The summed E-state index contributed by atoms with van der Waals surface area (Å²) in [6.07, 6.45) is 2.66. The molecule has 1 aromatic carbocycles. The number of esters is 1. The third-order valence-corrected chi connectivity index (χ3v) is 4.09. The smallest absolute Gasteiger partial charge is 0.323 e. The molecule has 0 radical (unpaired) electrons. The van der Waals surface area contributed by atoms with Crippen molar-refractivity contribution in [1.29, 1.82) is 0 Å². The van der Waals surface area contributed by atoms with Gasteiger partial charge in [0.2, 0.25) is 5.91 Å². The van der Waals surface area contributed by atoms with Gasteiger partial charge in [-0.05, 0) is 57.1 Å². The van der Waals surface area contributed by atoms with Crippen molar-refractivity contribution in [3.63, 3.8) is 0 Å². The first-order valence-electron chi connectivity index (χ1n) is 9.36. The maximum absolute atomic E-state index is 11.9. The first-order chi connectivity index (χ1) is 12.0. The second-order valence-corrected chi connectivity index (χ2v) is 8.37. The quantitative estimate of drug-likeness (QED) is 0.659. The van der Waals surface area contributed by atoms with Crippen LogP contribution < -0.4 is 11.5 Å². The molecule has 26 heavy (non-hydrogen) atoms. The fraction of sp³-hybridized carbons (Fsp3) is 0.619. The normalized spacial score (nSPS) is 14.1. The van der Waals surface area contributed by atoms with Gasteiger partial charge in [-0.2, -0.15) is 0 Å². The summed E-state index contributed by atoms with van der Waals surface area (Å²) < 4.78 is 5.28. The lowest BCUT2D eigenvalue weighted by molar-refractivity contribution is -0.156. The van der Waals surface area contributed by atoms with Crippen molar-refractivity contribution < 1.29 is 14.3 Å². The molecule has 0 saturated carbocycles. The molecule has 146 valence electrons. The topological polar surface area (TPSA) is 95.4 Å². The lowest BCUT2D eigenvalue weighted by atomic mass is 9.90. The first-order valence-corrected chi connectivity index (χ1v) is 9.36. The summed E-state index contributed by atoms with van der Waals surface area (Å²) in [5, 5.41) is 0. The summed E-state index contributed by atoms with van der Waals surface area (Å²) in [6.45, 7) is 9.78. The monoisotopic (exact) mass is 362 g/mol. The van der Waals surface area contributed by atoms with Crippen molar-refractivity contribution in [1.82, 2.24) is 0 Å². The maximum atomic E-state index is 11.9. The van der Waals surface area contributed by atoms with Crippen LogP contribution in [0, 0.1) is 5.92 Å². The van der Waals surface area contributed by atoms with E-state index in [1.807, 2.05) is 32.9 Å². The largest absolute Gasteiger partial charge is 0.459 e. The van der Waals surface area contributed by atoms with Crippen LogP contribution in [0.5, 0.6) is 0 Å². The molecule has 1 aromatic rings. The number of ether oxygens (including phenoxy) is 1. The highest BCUT2D eigenvalue weighted by Crippen LogP contribution is 2.23. The highest BCUT2D eigenvalue weighted by molar-refractivity contribution is 5.82. The average Bonchev–Trinajstić information content (AvgIpc) is 2.49. The van der Waals surface area contributed by atoms with Crippen LogP contribution in [0.15, 0.2) is 24.3 Å². The number of benzene rings is 1. The van der Waals surface area contributed by atoms with Gasteiger partial charge >= 0.3 is 5.97 Å². The van der Waals surface area contributed by atoms with E-state index in [4.69, 9.17) is 16.2 Å². The number of rotatable bonds is 9. The molecule has 0 aliphatic rings. The number of primary amides is 1. The van der Waals surface area contributed by atoms with Crippen LogP contribution in [-0.2, 0) is 20.7 Å². The van der Waals surface area contributed by atoms with Gasteiger partial charge in [0.15, 0.2) is 0 Å². The van der Waals surface area contributed by atoms with E-state index >= 15 is 0 Å². The zero-order valence-corrected chi connectivity index (χ0v) is 16.7. The molecule has 0 aromatic heterocycles. The van der Waals surface area contributed by atoms with Crippen LogP contribution in [0.25, 0.3) is 0 Å². The standard InChI is InChI=1S/C21H34N2O3/c1-14(2)13-15-9-11-16(12-10-15)17(19(23)24)7-6-8-18(22)20(25)26-21(3,4)5/h9-12,14,17-18H,6-8,13,22H2,1-5H3,(H2,23,24)/t17-,18?/m1/s1. The lowest BCUT2D eigenvalue weighted by Crippen LogP contribution is -2.37. The van der Waals surface area contributed by atoms with Crippen molar-refractivity contribution in [2.75, 3.05) is 0 Å². The maximum Gasteiger partial charge on any atom is 0.323 e. The zero-order chi connectivity index (χ0) is 19.9. The van der Waals surface area contributed by atoms with Crippen LogP contribution in [-0.4, -0.2) is 23.5 Å². The van der Waals surface area contributed by atoms with E-state index in [0.717, 1.165) is 12.0 Å². The average molecular weight is 363 g/mol. The summed E-state index contributed by atoms with van der Waals surface area (Å²) in [5.74, 6) is -0.547. The Morgan fingerprint density at radius 2 is 1.65 bits per heavy atom. The van der Waals surface area contributed by atoms with Crippen LogP contribution in [0.3, 0.4) is 0 Å². The molecular formula is C21H34N2O3. The van der Waals surface area contributed by atoms with Crippen molar-refractivity contribution in [2.45, 2.75) is 77.9 Å². The molecule has 2 atom stereocenters. The Hall–Kier alpha value is -1.88. The van der Waals surface area contributed by atoms with E-state index in [9.17, 15) is 9.59 Å². The Labute approximate surface area is 157 Å². The van der Waals surface area contributed by atoms with Crippen LogP contribution >= 0.6 is 0 Å². The zero-order valence-electron chi connectivity index (χ0n) is 16.7. The van der Waals surface area contributed by atoms with E-state index < -0.39 is 17.6 Å². The second-order valence-electron chi connectivity index (χ2n) is 8.37. The third-order valence-electron chi connectivity index (χ3n) is 4.09. The third kappa shape index (κ3) is 8.00. The highest BCUT2D eigenvalue weighted by atomic mass is 16.6. The minimum Gasteiger partial charge on any atom is -0.459 e. The van der Waals surface area contributed by atoms with Gasteiger partial charge in [-0.25, -0.2) is 0 Å². The van der Waals surface area contributed by atoms with E-state index in [0.29, 0.717) is 25.2 Å². The molecule has 1 rings (SSSR count). The molecule has 5 nitrogen and oxygen atoms in total. The molecule has 0 aliphatic carbocycles. The molecule has 0 saturated heterocycles. The number of hydrogen-bond acceptors (Lipinski definition) is 4. The Bertz CT molecular complexity index is 588. The minimum atomic E-state index is -0.684. The van der Waals surface area contributed by atoms with Crippen LogP contribution in [0.1, 0.15) is 70.9 Å². The van der Waals surface area contributed by atoms with E-state index in [1.165, 1.54) is 5.56 Å². The summed E-state index contributed by atoms with van der Waals surface area (Å²) >= 11 is 0. The van der Waals surface area contributed by atoms with Crippen LogP contribution in [0.4, 0.5) is 0 Å². The predicted molar refractivity (Wildman–Crippen MR) is 105 cm³/mol. The minimum absolute atomic E-state index is 0.354. The molecule has 0 heterocycles.